The number of benzene rings is 2. The van der Waals surface area contributed by atoms with Crippen molar-refractivity contribution in [2.45, 2.75) is 111 Å². The van der Waals surface area contributed by atoms with Crippen molar-refractivity contribution < 1.29 is 127 Å². The lowest BCUT2D eigenvalue weighted by Crippen LogP contribution is -2.64. The van der Waals surface area contributed by atoms with E-state index in [-0.39, 0.29) is 29.1 Å². The van der Waals surface area contributed by atoms with Crippen molar-refractivity contribution >= 4 is 35.3 Å². The fourth-order valence-corrected chi connectivity index (χ4v) is 9.55. The number of aliphatic hydroxyl groups excluding tert-OH is 9. The number of hydrogen-bond donors (Lipinski definition) is 15. The van der Waals surface area contributed by atoms with Crippen molar-refractivity contribution in [1.82, 2.24) is 10.6 Å². The number of carbonyl (C=O) groups excluding carboxylic acids is 4. The maximum atomic E-state index is 13.8. The minimum Gasteiger partial charge on any atom is -0.507 e. The molecular formula is C47H68N4O26. The number of nitrogens with two attached hydrogens (primary N) is 2. The van der Waals surface area contributed by atoms with E-state index in [1.807, 2.05) is 0 Å². The van der Waals surface area contributed by atoms with Crippen LogP contribution in [0.25, 0.3) is 0 Å². The molecule has 432 valence electrons. The number of esters is 4. The smallest absolute Gasteiger partial charge is 0.344 e. The molecular weight excluding hydrogens is 1040 g/mol. The molecule has 0 spiro atoms. The number of aromatic hydroxyl groups is 2. The van der Waals surface area contributed by atoms with Gasteiger partial charge in [-0.2, -0.15) is 0 Å². The molecule has 2 aromatic carbocycles. The van der Waals surface area contributed by atoms with E-state index in [0.717, 1.165) is 24.3 Å². The minimum absolute atomic E-state index is 0.109. The first-order chi connectivity index (χ1) is 36.6. The van der Waals surface area contributed by atoms with Gasteiger partial charge >= 0.3 is 23.9 Å². The van der Waals surface area contributed by atoms with E-state index in [4.69, 9.17) is 63.6 Å². The number of aliphatic hydroxyl groups is 9. The van der Waals surface area contributed by atoms with Gasteiger partial charge in [0.05, 0.1) is 70.2 Å². The highest BCUT2D eigenvalue weighted by molar-refractivity contribution is 5.94. The Bertz CT molecular complexity index is 2290. The number of nitrogen functional groups attached to an aromatic ring is 2. The molecule has 17 N–H and O–H groups in total. The van der Waals surface area contributed by atoms with Crippen molar-refractivity contribution in [3.8, 4) is 11.5 Å². The number of rotatable bonds is 22. The molecule has 4 aliphatic rings. The first-order valence-electron chi connectivity index (χ1n) is 24.3. The van der Waals surface area contributed by atoms with E-state index in [0.29, 0.717) is 0 Å². The molecule has 30 heteroatoms. The average Bonchev–Trinajstić information content (AvgIpc) is 3.41. The van der Waals surface area contributed by atoms with E-state index in [1.165, 1.54) is 19.2 Å². The largest absolute Gasteiger partial charge is 0.507 e. The molecule has 0 aliphatic carbocycles. The number of ether oxygens (including phenoxy) is 11. The predicted molar refractivity (Wildman–Crippen MR) is 253 cm³/mol. The van der Waals surface area contributed by atoms with Gasteiger partial charge in [-0.25, -0.2) is 19.2 Å². The van der Waals surface area contributed by atoms with Gasteiger partial charge in [0.15, 0.2) is 24.8 Å². The summed E-state index contributed by atoms with van der Waals surface area (Å²) in [5.41, 5.74) is 10.9. The molecule has 4 heterocycles. The molecule has 0 amide bonds. The van der Waals surface area contributed by atoms with Crippen molar-refractivity contribution in [2.75, 3.05) is 78.8 Å². The number of nitrogens with one attached hydrogen (secondary N) is 2. The quantitative estimate of drug-likeness (QED) is 0.0226. The molecule has 4 saturated heterocycles. The van der Waals surface area contributed by atoms with Crippen LogP contribution in [0.3, 0.4) is 0 Å². The van der Waals surface area contributed by atoms with Gasteiger partial charge in [-0.3, -0.25) is 0 Å². The Hall–Kier alpha value is -5.20. The standard InChI is InChI=1S/C47H68N4O26/c1-18-31(50-2)23(33(56)28(10-52)74-18)13-68-46-38(61)35(58)25(40(76-46)44(65)72-16-70-42(63)21-8-19(48)4-6-26(21)54)12-67-15-30-32(51-3)24(34(57)29(11-53)75-30)14-69-47-39(62)36(59)37(60)41(77-47)45(66)73-17-71-43(64)22-9-20(49)5-7-27(22)55/h4-9,18,23-25,28-41,46-47,50-62H,10-17,48-49H2,1-3H3/t18-,23-,24-,25-,28?,29?,30-,31?,32?,33-,34-,35+,36+,37-,38?,39?,40?,41?,46+,47+/m0/s1. The zero-order chi connectivity index (χ0) is 56.4. The van der Waals surface area contributed by atoms with Gasteiger partial charge in [0.2, 0.25) is 13.6 Å². The highest BCUT2D eigenvalue weighted by Crippen LogP contribution is 2.34. The maximum absolute atomic E-state index is 13.8. The second-order valence-electron chi connectivity index (χ2n) is 18.6. The monoisotopic (exact) mass is 1100 g/mol. The van der Waals surface area contributed by atoms with Gasteiger partial charge in [-0.1, -0.05) is 0 Å². The zero-order valence-electron chi connectivity index (χ0n) is 41.9. The number of phenolic OH excluding ortho intramolecular Hbond substituents is 2. The van der Waals surface area contributed by atoms with Crippen molar-refractivity contribution in [1.29, 1.82) is 0 Å². The predicted octanol–water partition coefficient (Wildman–Crippen LogP) is -6.13. The lowest BCUT2D eigenvalue weighted by Gasteiger charge is -2.46. The minimum atomic E-state index is -2.09. The number of hydrogen-bond acceptors (Lipinski definition) is 30. The van der Waals surface area contributed by atoms with E-state index >= 15 is 0 Å². The Morgan fingerprint density at radius 2 is 1.00 bits per heavy atom. The van der Waals surface area contributed by atoms with Gasteiger partial charge in [-0.05, 0) is 57.4 Å². The summed E-state index contributed by atoms with van der Waals surface area (Å²) in [4.78, 5) is 52.0. The summed E-state index contributed by atoms with van der Waals surface area (Å²) in [6.07, 6.45) is -24.2. The van der Waals surface area contributed by atoms with Crippen LogP contribution in [-0.4, -0.2) is 251 Å². The van der Waals surface area contributed by atoms with Crippen LogP contribution in [0.15, 0.2) is 36.4 Å². The molecule has 20 atom stereocenters. The van der Waals surface area contributed by atoms with Crippen LogP contribution in [0, 0.1) is 17.8 Å². The van der Waals surface area contributed by atoms with Crippen LogP contribution in [0.1, 0.15) is 27.6 Å². The summed E-state index contributed by atoms with van der Waals surface area (Å²) in [5.74, 6) is -9.20. The summed E-state index contributed by atoms with van der Waals surface area (Å²) in [6, 6.07) is 5.64. The van der Waals surface area contributed by atoms with Crippen LogP contribution in [-0.2, 0) is 61.7 Å². The summed E-state index contributed by atoms with van der Waals surface area (Å²) in [7, 11) is 3.07. The van der Waals surface area contributed by atoms with Gasteiger partial charge in [0, 0.05) is 41.2 Å². The number of likely N-dealkylation sites (N-methyl/N-ethyl adjacent to an activating group) is 2. The summed E-state index contributed by atoms with van der Waals surface area (Å²) >= 11 is 0. The SMILES string of the molecule is CNC1[C@H](C)OC(CO)[C@@H](O)[C@H]1CO[C@@H]1OC(C(=O)OCOC(=O)c2cc(N)ccc2O)[C@@H](COC[C@@H]2OC(CO)[C@@H](O)[C@@H](CO[C@@H]3OC(C(=O)OCOC(=O)c4cc(N)ccc4O)[C@@H](O)[C@@H](O)C3O)C2NC)[C@@H](O)C1O. The first-order valence-corrected chi connectivity index (χ1v) is 24.3. The Labute approximate surface area is 439 Å². The normalized spacial score (nSPS) is 35.4. The molecule has 4 fully saturated rings. The van der Waals surface area contributed by atoms with Gasteiger partial charge in [0.1, 0.15) is 59.2 Å². The molecule has 0 saturated carbocycles. The molecule has 0 radical (unpaired) electrons. The Balaban J connectivity index is 1.11. The number of anilines is 2. The summed E-state index contributed by atoms with van der Waals surface area (Å²) in [5, 5.41) is 124. The highest BCUT2D eigenvalue weighted by Gasteiger charge is 2.53. The Morgan fingerprint density at radius 3 is 1.51 bits per heavy atom. The summed E-state index contributed by atoms with van der Waals surface area (Å²) in [6.45, 7) is -3.65. The fraction of sp³-hybridized carbons (Fsp3) is 0.660. The fourth-order valence-electron chi connectivity index (χ4n) is 9.55. The molecule has 4 aliphatic heterocycles. The van der Waals surface area contributed by atoms with E-state index < -0.39 is 204 Å². The molecule has 6 rings (SSSR count). The second-order valence-corrected chi connectivity index (χ2v) is 18.6. The number of carbonyl (C=O) groups is 4. The third-order valence-electron chi connectivity index (χ3n) is 13.8. The second kappa shape index (κ2) is 27.6. The molecule has 2 aromatic rings. The molecule has 8 unspecified atom stereocenters. The molecule has 0 aromatic heterocycles. The number of phenols is 2. The highest BCUT2D eigenvalue weighted by atomic mass is 16.7. The van der Waals surface area contributed by atoms with Gasteiger partial charge in [-0.15, -0.1) is 0 Å². The van der Waals surface area contributed by atoms with Crippen molar-refractivity contribution in [2.24, 2.45) is 17.8 Å². The van der Waals surface area contributed by atoms with Crippen LogP contribution in [0.5, 0.6) is 11.5 Å². The Kier molecular flexibility index (Phi) is 21.9. The van der Waals surface area contributed by atoms with E-state index in [1.54, 1.807) is 14.0 Å². The first kappa shape index (κ1) is 61.0. The third-order valence-corrected chi connectivity index (χ3v) is 13.8. The van der Waals surface area contributed by atoms with Crippen molar-refractivity contribution in [3.63, 3.8) is 0 Å². The zero-order valence-corrected chi connectivity index (χ0v) is 41.9. The maximum Gasteiger partial charge on any atom is 0.344 e. The van der Waals surface area contributed by atoms with Gasteiger partial charge < -0.3 is 130 Å². The van der Waals surface area contributed by atoms with Crippen LogP contribution in [0.2, 0.25) is 0 Å². The molecule has 30 nitrogen and oxygen atoms in total. The summed E-state index contributed by atoms with van der Waals surface area (Å²) < 4.78 is 60.7. The van der Waals surface area contributed by atoms with Crippen LogP contribution >= 0.6 is 0 Å². The molecule has 77 heavy (non-hydrogen) atoms. The van der Waals surface area contributed by atoms with Gasteiger partial charge in [0.25, 0.3) is 0 Å². The average molecular weight is 1110 g/mol. The van der Waals surface area contributed by atoms with E-state index in [2.05, 4.69) is 10.6 Å². The van der Waals surface area contributed by atoms with E-state index in [9.17, 15) is 75.3 Å². The van der Waals surface area contributed by atoms with Crippen LogP contribution < -0.4 is 22.1 Å². The Morgan fingerprint density at radius 1 is 0.532 bits per heavy atom. The van der Waals surface area contributed by atoms with Crippen molar-refractivity contribution in [3.05, 3.63) is 47.5 Å². The third kappa shape index (κ3) is 14.4. The molecule has 0 bridgehead atoms. The lowest BCUT2D eigenvalue weighted by molar-refractivity contribution is -0.304. The van der Waals surface area contributed by atoms with Crippen LogP contribution in [0.4, 0.5) is 11.4 Å². The lowest BCUT2D eigenvalue weighted by atomic mass is 9.84. The topological polar surface area (TPSA) is 468 Å².